The van der Waals surface area contributed by atoms with Crippen LogP contribution < -0.4 is 0 Å². The highest BCUT2D eigenvalue weighted by Crippen LogP contribution is 2.29. The minimum atomic E-state index is -0.579. The lowest BCUT2D eigenvalue weighted by Crippen LogP contribution is -2.44. The van der Waals surface area contributed by atoms with Crippen molar-refractivity contribution in [2.24, 2.45) is 0 Å². The van der Waals surface area contributed by atoms with Gasteiger partial charge >= 0.3 is 6.09 Å². The number of ether oxygens (including phenoxy) is 1. The number of carbonyl (C=O) groups excluding carboxylic acids is 2. The highest BCUT2D eigenvalue weighted by atomic mass is 16.6. The number of piperidine rings is 1. The monoisotopic (exact) mass is 303 g/mol. The van der Waals surface area contributed by atoms with E-state index in [0.717, 1.165) is 12.8 Å². The molecule has 0 saturated carbocycles. The van der Waals surface area contributed by atoms with Crippen LogP contribution in [-0.2, 0) is 16.0 Å². The van der Waals surface area contributed by atoms with Gasteiger partial charge in [-0.15, -0.1) is 0 Å². The Labute approximate surface area is 132 Å². The summed E-state index contributed by atoms with van der Waals surface area (Å²) in [6, 6.07) is 8.42. The second kappa shape index (κ2) is 6.51. The summed E-state index contributed by atoms with van der Waals surface area (Å²) < 4.78 is 5.28. The molecule has 1 saturated heterocycles. The molecule has 0 bridgehead atoms. The van der Waals surface area contributed by atoms with Gasteiger partial charge in [0.2, 0.25) is 5.91 Å². The van der Waals surface area contributed by atoms with E-state index in [1.807, 2.05) is 0 Å². The lowest BCUT2D eigenvalue weighted by Gasteiger charge is -2.32. The third-order valence-corrected chi connectivity index (χ3v) is 3.90. The number of amides is 2. The number of hydrogen-bond donors (Lipinski definition) is 0. The first-order chi connectivity index (χ1) is 10.3. The van der Waals surface area contributed by atoms with Crippen molar-refractivity contribution in [1.82, 2.24) is 4.90 Å². The molecule has 1 atom stereocenters. The maximum Gasteiger partial charge on any atom is 0.417 e. The number of imide groups is 1. The smallest absolute Gasteiger partial charge is 0.417 e. The van der Waals surface area contributed by atoms with Crippen molar-refractivity contribution in [2.75, 3.05) is 6.54 Å². The maximum absolute atomic E-state index is 12.3. The van der Waals surface area contributed by atoms with Gasteiger partial charge in [-0.1, -0.05) is 31.2 Å². The zero-order valence-electron chi connectivity index (χ0n) is 13.9. The van der Waals surface area contributed by atoms with Crippen LogP contribution in [0.3, 0.4) is 0 Å². The van der Waals surface area contributed by atoms with Gasteiger partial charge in [-0.2, -0.15) is 0 Å². The fourth-order valence-electron chi connectivity index (χ4n) is 2.65. The number of carbonyl (C=O) groups is 2. The molecule has 0 aliphatic carbocycles. The molecule has 1 fully saturated rings. The lowest BCUT2D eigenvalue weighted by molar-refractivity contribution is -0.132. The quantitative estimate of drug-likeness (QED) is 0.832. The summed E-state index contributed by atoms with van der Waals surface area (Å²) in [5.74, 6) is 0.0437. The molecule has 4 nitrogen and oxygen atoms in total. The SMILES string of the molecule is CCc1ccc(C2CCN(C(=O)OC(C)(C)C)C(=O)C2)cc1. The van der Waals surface area contributed by atoms with Gasteiger partial charge in [-0.05, 0) is 50.7 Å². The molecule has 0 radical (unpaired) electrons. The summed E-state index contributed by atoms with van der Waals surface area (Å²) >= 11 is 0. The summed E-state index contributed by atoms with van der Waals surface area (Å²) in [4.78, 5) is 25.5. The third-order valence-electron chi connectivity index (χ3n) is 3.90. The van der Waals surface area contributed by atoms with Crippen LogP contribution in [0.5, 0.6) is 0 Å². The molecule has 2 amide bonds. The average molecular weight is 303 g/mol. The highest BCUT2D eigenvalue weighted by molar-refractivity contribution is 5.93. The van der Waals surface area contributed by atoms with Crippen LogP contribution in [0.1, 0.15) is 57.6 Å². The summed E-state index contributed by atoms with van der Waals surface area (Å²) in [6.45, 7) is 7.96. The standard InChI is InChI=1S/C18H25NO3/c1-5-13-6-8-14(9-7-13)15-10-11-19(16(20)12-15)17(21)22-18(2,3)4/h6-9,15H,5,10-12H2,1-4H3. The molecular weight excluding hydrogens is 278 g/mol. The van der Waals surface area contributed by atoms with Crippen LogP contribution in [0.25, 0.3) is 0 Å². The van der Waals surface area contributed by atoms with Crippen LogP contribution >= 0.6 is 0 Å². The molecule has 1 heterocycles. The Morgan fingerprint density at radius 2 is 1.91 bits per heavy atom. The minimum Gasteiger partial charge on any atom is -0.443 e. The molecule has 2 rings (SSSR count). The van der Waals surface area contributed by atoms with Gasteiger partial charge in [-0.25, -0.2) is 9.69 Å². The van der Waals surface area contributed by atoms with Gasteiger partial charge in [0.05, 0.1) is 0 Å². The van der Waals surface area contributed by atoms with Gasteiger partial charge in [0.25, 0.3) is 0 Å². The van der Waals surface area contributed by atoms with Crippen molar-refractivity contribution in [3.63, 3.8) is 0 Å². The molecule has 0 aromatic heterocycles. The molecule has 22 heavy (non-hydrogen) atoms. The van der Waals surface area contributed by atoms with Gasteiger partial charge < -0.3 is 4.74 Å². The number of hydrogen-bond acceptors (Lipinski definition) is 3. The van der Waals surface area contributed by atoms with Crippen molar-refractivity contribution < 1.29 is 14.3 Å². The van der Waals surface area contributed by atoms with E-state index in [4.69, 9.17) is 4.74 Å². The number of nitrogens with zero attached hydrogens (tertiary/aromatic N) is 1. The molecule has 120 valence electrons. The predicted molar refractivity (Wildman–Crippen MR) is 85.7 cm³/mol. The first kappa shape index (κ1) is 16.5. The molecule has 4 heteroatoms. The van der Waals surface area contributed by atoms with Crippen molar-refractivity contribution in [1.29, 1.82) is 0 Å². The maximum atomic E-state index is 12.3. The van der Waals surface area contributed by atoms with E-state index in [9.17, 15) is 9.59 Å². The van der Waals surface area contributed by atoms with Crippen LogP contribution in [0.4, 0.5) is 4.79 Å². The topological polar surface area (TPSA) is 46.6 Å². The first-order valence-electron chi connectivity index (χ1n) is 7.92. The Morgan fingerprint density at radius 1 is 1.27 bits per heavy atom. The van der Waals surface area contributed by atoms with Gasteiger partial charge in [0.1, 0.15) is 5.60 Å². The number of aryl methyl sites for hydroxylation is 1. The molecule has 0 N–H and O–H groups in total. The molecule has 0 spiro atoms. The lowest BCUT2D eigenvalue weighted by atomic mass is 9.88. The van der Waals surface area contributed by atoms with Crippen molar-refractivity contribution in [3.05, 3.63) is 35.4 Å². The zero-order valence-corrected chi connectivity index (χ0v) is 13.9. The van der Waals surface area contributed by atoms with E-state index in [2.05, 4.69) is 31.2 Å². The van der Waals surface area contributed by atoms with Crippen LogP contribution in [-0.4, -0.2) is 29.0 Å². The van der Waals surface area contributed by atoms with E-state index in [1.54, 1.807) is 20.8 Å². The Balaban J connectivity index is 2.00. The Morgan fingerprint density at radius 3 is 2.41 bits per heavy atom. The summed E-state index contributed by atoms with van der Waals surface area (Å²) in [5, 5.41) is 0. The number of likely N-dealkylation sites (tertiary alicyclic amines) is 1. The number of benzene rings is 1. The Kier molecular flexibility index (Phi) is 4.89. The average Bonchev–Trinajstić information content (AvgIpc) is 2.45. The second-order valence-electron chi connectivity index (χ2n) is 6.81. The van der Waals surface area contributed by atoms with E-state index in [-0.39, 0.29) is 11.8 Å². The van der Waals surface area contributed by atoms with E-state index >= 15 is 0 Å². The summed E-state index contributed by atoms with van der Waals surface area (Å²) in [5.41, 5.74) is 1.89. The largest absolute Gasteiger partial charge is 0.443 e. The van der Waals surface area contributed by atoms with Crippen molar-refractivity contribution >= 4 is 12.0 Å². The Hall–Kier alpha value is -1.84. The second-order valence-corrected chi connectivity index (χ2v) is 6.81. The van der Waals surface area contributed by atoms with E-state index in [0.29, 0.717) is 13.0 Å². The predicted octanol–water partition coefficient (Wildman–Crippen LogP) is 3.89. The van der Waals surface area contributed by atoms with Gasteiger partial charge in [0, 0.05) is 13.0 Å². The van der Waals surface area contributed by atoms with E-state index < -0.39 is 11.7 Å². The third kappa shape index (κ3) is 4.09. The summed E-state index contributed by atoms with van der Waals surface area (Å²) in [6.07, 6.45) is 1.63. The molecule has 1 unspecified atom stereocenters. The van der Waals surface area contributed by atoms with Gasteiger partial charge in [-0.3, -0.25) is 4.79 Å². The van der Waals surface area contributed by atoms with Crippen LogP contribution in [0, 0.1) is 0 Å². The number of rotatable bonds is 2. The van der Waals surface area contributed by atoms with Crippen LogP contribution in [0.2, 0.25) is 0 Å². The van der Waals surface area contributed by atoms with Crippen LogP contribution in [0.15, 0.2) is 24.3 Å². The molecular formula is C18H25NO3. The van der Waals surface area contributed by atoms with Gasteiger partial charge in [0.15, 0.2) is 0 Å². The molecule has 1 aromatic carbocycles. The fraction of sp³-hybridized carbons (Fsp3) is 0.556. The Bertz CT molecular complexity index is 542. The minimum absolute atomic E-state index is 0.148. The van der Waals surface area contributed by atoms with Crippen molar-refractivity contribution in [3.8, 4) is 0 Å². The molecule has 1 aliphatic rings. The first-order valence-corrected chi connectivity index (χ1v) is 7.92. The van der Waals surface area contributed by atoms with Crippen molar-refractivity contribution in [2.45, 2.75) is 58.5 Å². The highest BCUT2D eigenvalue weighted by Gasteiger charge is 2.33. The zero-order chi connectivity index (χ0) is 16.3. The normalized spacial score (nSPS) is 19.2. The van der Waals surface area contributed by atoms with E-state index in [1.165, 1.54) is 16.0 Å². The fourth-order valence-corrected chi connectivity index (χ4v) is 2.65. The summed E-state index contributed by atoms with van der Waals surface area (Å²) in [7, 11) is 0. The molecule has 1 aliphatic heterocycles. The molecule has 1 aromatic rings.